The van der Waals surface area contributed by atoms with Crippen molar-refractivity contribution in [3.05, 3.63) is 11.9 Å². The van der Waals surface area contributed by atoms with Gasteiger partial charge in [0.25, 0.3) is 0 Å². The first-order valence-corrected chi connectivity index (χ1v) is 8.08. The fourth-order valence-corrected chi connectivity index (χ4v) is 2.40. The quantitative estimate of drug-likeness (QED) is 0.676. The summed E-state index contributed by atoms with van der Waals surface area (Å²) < 4.78 is 0. The van der Waals surface area contributed by atoms with Gasteiger partial charge in [0.15, 0.2) is 0 Å². The summed E-state index contributed by atoms with van der Waals surface area (Å²) in [6.45, 7) is 10.7. The summed E-state index contributed by atoms with van der Waals surface area (Å²) in [7, 11) is 0. The average molecular weight is 278 g/mol. The molecule has 1 unspecified atom stereocenters. The zero-order valence-corrected chi connectivity index (χ0v) is 13.5. The van der Waals surface area contributed by atoms with E-state index in [9.17, 15) is 0 Å². The van der Waals surface area contributed by atoms with Gasteiger partial charge in [0.05, 0.1) is 0 Å². The molecule has 1 aromatic heterocycles. The van der Waals surface area contributed by atoms with E-state index in [2.05, 4.69) is 48.3 Å². The third kappa shape index (κ3) is 4.99. The Bertz CT molecular complexity index is 379. The highest BCUT2D eigenvalue weighted by Crippen LogP contribution is 2.21. The third-order valence-corrected chi connectivity index (χ3v) is 3.74. The molecule has 0 aliphatic carbocycles. The van der Waals surface area contributed by atoms with Crippen molar-refractivity contribution in [3.8, 4) is 0 Å². The molecule has 0 aromatic carbocycles. The minimum atomic E-state index is 0.734. The van der Waals surface area contributed by atoms with Crippen molar-refractivity contribution in [1.29, 1.82) is 0 Å². The monoisotopic (exact) mass is 278 g/mol. The second-order valence-corrected chi connectivity index (χ2v) is 5.23. The van der Waals surface area contributed by atoms with Crippen molar-refractivity contribution in [2.45, 2.75) is 59.8 Å². The molecule has 0 saturated heterocycles. The van der Waals surface area contributed by atoms with Crippen molar-refractivity contribution in [3.63, 3.8) is 0 Å². The van der Waals surface area contributed by atoms with Crippen molar-refractivity contribution in [2.24, 2.45) is 5.92 Å². The second-order valence-electron chi connectivity index (χ2n) is 5.23. The molecular weight excluding hydrogens is 248 g/mol. The lowest BCUT2D eigenvalue weighted by molar-refractivity contribution is 0.472. The molecule has 1 atom stereocenters. The van der Waals surface area contributed by atoms with E-state index in [1.165, 1.54) is 31.2 Å². The van der Waals surface area contributed by atoms with E-state index >= 15 is 0 Å². The molecule has 1 rings (SSSR count). The van der Waals surface area contributed by atoms with Gasteiger partial charge in [-0.2, -0.15) is 0 Å². The van der Waals surface area contributed by atoms with Crippen LogP contribution in [0.4, 0.5) is 11.6 Å². The number of unbranched alkanes of at least 4 members (excludes halogenated alkanes) is 1. The third-order valence-electron chi connectivity index (χ3n) is 3.74. The Hall–Kier alpha value is -1.32. The molecular formula is C16H30N4. The number of hydrogen-bond donors (Lipinski definition) is 2. The normalized spacial score (nSPS) is 12.2. The van der Waals surface area contributed by atoms with Crippen LogP contribution in [0, 0.1) is 5.92 Å². The summed E-state index contributed by atoms with van der Waals surface area (Å²) in [5.41, 5.74) is 1.19. The number of nitrogens with zero attached hydrogens (tertiary/aromatic N) is 2. The van der Waals surface area contributed by atoms with Gasteiger partial charge in [-0.25, -0.2) is 9.97 Å². The number of rotatable bonds is 10. The molecule has 114 valence electrons. The average Bonchev–Trinajstić information content (AvgIpc) is 2.48. The van der Waals surface area contributed by atoms with E-state index in [-0.39, 0.29) is 0 Å². The van der Waals surface area contributed by atoms with Gasteiger partial charge in [0, 0.05) is 18.7 Å². The molecule has 0 aliphatic rings. The van der Waals surface area contributed by atoms with Crippen LogP contribution in [0.1, 0.15) is 58.9 Å². The van der Waals surface area contributed by atoms with E-state index in [0.717, 1.165) is 37.1 Å². The molecule has 0 radical (unpaired) electrons. The van der Waals surface area contributed by atoms with Crippen LogP contribution >= 0.6 is 0 Å². The molecule has 0 amide bonds. The number of nitrogens with one attached hydrogen (secondary N) is 2. The van der Waals surface area contributed by atoms with E-state index < -0.39 is 0 Å². The zero-order chi connectivity index (χ0) is 14.8. The molecule has 1 aromatic rings. The summed E-state index contributed by atoms with van der Waals surface area (Å²) in [6, 6.07) is 0. The van der Waals surface area contributed by atoms with Crippen LogP contribution in [0.3, 0.4) is 0 Å². The number of aromatic nitrogens is 2. The summed E-state index contributed by atoms with van der Waals surface area (Å²) in [5, 5.41) is 6.84. The Morgan fingerprint density at radius 1 is 1.05 bits per heavy atom. The highest BCUT2D eigenvalue weighted by atomic mass is 15.1. The summed E-state index contributed by atoms with van der Waals surface area (Å²) in [6.07, 6.45) is 7.69. The smallest absolute Gasteiger partial charge is 0.134 e. The van der Waals surface area contributed by atoms with Crippen LogP contribution in [-0.4, -0.2) is 23.1 Å². The summed E-state index contributed by atoms with van der Waals surface area (Å²) in [4.78, 5) is 8.75. The predicted molar refractivity (Wildman–Crippen MR) is 87.4 cm³/mol. The van der Waals surface area contributed by atoms with Gasteiger partial charge in [-0.05, 0) is 25.7 Å². The first-order valence-electron chi connectivity index (χ1n) is 8.08. The largest absolute Gasteiger partial charge is 0.370 e. The first kappa shape index (κ1) is 16.7. The van der Waals surface area contributed by atoms with E-state index in [1.807, 2.05) is 0 Å². The van der Waals surface area contributed by atoms with Gasteiger partial charge in [-0.1, -0.05) is 40.0 Å². The molecule has 20 heavy (non-hydrogen) atoms. The van der Waals surface area contributed by atoms with Crippen LogP contribution in [-0.2, 0) is 6.42 Å². The Kier molecular flexibility index (Phi) is 8.00. The van der Waals surface area contributed by atoms with Crippen molar-refractivity contribution < 1.29 is 0 Å². The maximum atomic E-state index is 4.42. The van der Waals surface area contributed by atoms with Crippen molar-refractivity contribution >= 4 is 11.6 Å². The summed E-state index contributed by atoms with van der Waals surface area (Å²) >= 11 is 0. The zero-order valence-electron chi connectivity index (χ0n) is 13.5. The fourth-order valence-electron chi connectivity index (χ4n) is 2.40. The van der Waals surface area contributed by atoms with E-state index in [0.29, 0.717) is 0 Å². The minimum absolute atomic E-state index is 0.734. The van der Waals surface area contributed by atoms with Gasteiger partial charge < -0.3 is 10.6 Å². The Balaban J connectivity index is 2.68. The summed E-state index contributed by atoms with van der Waals surface area (Å²) in [5.74, 6) is 2.69. The molecule has 0 saturated carbocycles. The molecule has 4 nitrogen and oxygen atoms in total. The van der Waals surface area contributed by atoms with Crippen LogP contribution < -0.4 is 10.6 Å². The second kappa shape index (κ2) is 9.56. The van der Waals surface area contributed by atoms with Gasteiger partial charge >= 0.3 is 0 Å². The van der Waals surface area contributed by atoms with Gasteiger partial charge in [-0.3, -0.25) is 0 Å². The lowest BCUT2D eigenvalue weighted by Crippen LogP contribution is -2.16. The van der Waals surface area contributed by atoms with Crippen molar-refractivity contribution in [2.75, 3.05) is 23.7 Å². The predicted octanol–water partition coefficient (Wildman–Crippen LogP) is 4.10. The Morgan fingerprint density at radius 2 is 1.75 bits per heavy atom. The molecule has 0 aliphatic heterocycles. The van der Waals surface area contributed by atoms with Crippen LogP contribution in [0.2, 0.25) is 0 Å². The van der Waals surface area contributed by atoms with Gasteiger partial charge in [-0.15, -0.1) is 0 Å². The van der Waals surface area contributed by atoms with E-state index in [4.69, 9.17) is 0 Å². The number of anilines is 2. The minimum Gasteiger partial charge on any atom is -0.370 e. The highest BCUT2D eigenvalue weighted by Gasteiger charge is 2.11. The maximum Gasteiger partial charge on any atom is 0.134 e. The molecule has 0 fully saturated rings. The Labute approximate surface area is 123 Å². The molecule has 0 spiro atoms. The highest BCUT2D eigenvalue weighted by molar-refractivity contribution is 5.57. The van der Waals surface area contributed by atoms with Crippen LogP contribution in [0.25, 0.3) is 0 Å². The topological polar surface area (TPSA) is 49.8 Å². The van der Waals surface area contributed by atoms with E-state index in [1.54, 1.807) is 6.33 Å². The maximum absolute atomic E-state index is 4.42. The molecule has 1 heterocycles. The standard InChI is InChI=1S/C16H30N4/c1-5-9-10-13(6-2)11-18-16-14(7-3)15(17-8-4)19-12-20-16/h12-13H,5-11H2,1-4H3,(H2,17,18,19,20). The van der Waals surface area contributed by atoms with Crippen molar-refractivity contribution in [1.82, 2.24) is 9.97 Å². The Morgan fingerprint density at radius 3 is 2.30 bits per heavy atom. The molecule has 4 heteroatoms. The molecule has 0 bridgehead atoms. The van der Waals surface area contributed by atoms with Gasteiger partial charge in [0.2, 0.25) is 0 Å². The number of hydrogen-bond acceptors (Lipinski definition) is 4. The molecule has 2 N–H and O–H groups in total. The van der Waals surface area contributed by atoms with Crippen LogP contribution in [0.15, 0.2) is 6.33 Å². The fraction of sp³-hybridized carbons (Fsp3) is 0.750. The lowest BCUT2D eigenvalue weighted by atomic mass is 9.99. The van der Waals surface area contributed by atoms with Gasteiger partial charge in [0.1, 0.15) is 18.0 Å². The van der Waals surface area contributed by atoms with Crippen LogP contribution in [0.5, 0.6) is 0 Å². The SMILES string of the molecule is CCCCC(CC)CNc1ncnc(NCC)c1CC. The lowest BCUT2D eigenvalue weighted by Gasteiger charge is -2.18. The first-order chi connectivity index (χ1) is 9.76.